The van der Waals surface area contributed by atoms with E-state index in [2.05, 4.69) is 4.74 Å². The summed E-state index contributed by atoms with van der Waals surface area (Å²) in [6.07, 6.45) is 1.51. The lowest BCUT2D eigenvalue weighted by molar-refractivity contribution is -0.151. The monoisotopic (exact) mass is 263 g/mol. The molecule has 1 fully saturated rings. The molecule has 17 heavy (non-hydrogen) atoms. The third kappa shape index (κ3) is 3.42. The Hall–Kier alpha value is -1.11. The summed E-state index contributed by atoms with van der Waals surface area (Å²) in [4.78, 5) is 24.6. The molecule has 1 heterocycles. The number of nitrogens with zero attached hydrogens (tertiary/aromatic N) is 1. The van der Waals surface area contributed by atoms with Gasteiger partial charge in [-0.1, -0.05) is 0 Å². The highest BCUT2D eigenvalue weighted by Gasteiger charge is 2.43. The maximum Gasteiger partial charge on any atom is 0.313 e. The van der Waals surface area contributed by atoms with Crippen LogP contribution in [0.15, 0.2) is 0 Å². The molecule has 1 aliphatic heterocycles. The second kappa shape index (κ2) is 4.64. The number of ether oxygens (including phenoxy) is 1. The highest BCUT2D eigenvalue weighted by molar-refractivity contribution is 7.91. The number of hydrogen-bond donors (Lipinski definition) is 0. The van der Waals surface area contributed by atoms with Crippen molar-refractivity contribution in [1.29, 1.82) is 0 Å². The molecule has 7 heteroatoms. The topological polar surface area (TPSA) is 80.8 Å². The number of carbonyl (C=O) groups excluding carboxylic acids is 2. The number of amides is 1. The van der Waals surface area contributed by atoms with Crippen LogP contribution in [0.5, 0.6) is 0 Å². The van der Waals surface area contributed by atoms with Crippen molar-refractivity contribution in [3.8, 4) is 0 Å². The van der Waals surface area contributed by atoms with Crippen molar-refractivity contribution in [3.63, 3.8) is 0 Å². The Bertz CT molecular complexity index is 430. The first kappa shape index (κ1) is 14.0. The van der Waals surface area contributed by atoms with E-state index in [4.69, 9.17) is 0 Å². The van der Waals surface area contributed by atoms with Crippen molar-refractivity contribution < 1.29 is 22.7 Å². The van der Waals surface area contributed by atoms with Gasteiger partial charge in [-0.25, -0.2) is 8.42 Å². The van der Waals surface area contributed by atoms with Crippen LogP contribution in [0, 0.1) is 5.41 Å². The van der Waals surface area contributed by atoms with Crippen molar-refractivity contribution in [2.75, 3.05) is 32.2 Å². The van der Waals surface area contributed by atoms with Crippen LogP contribution in [-0.2, 0) is 24.2 Å². The number of sulfone groups is 1. The van der Waals surface area contributed by atoms with Crippen LogP contribution < -0.4 is 0 Å². The lowest BCUT2D eigenvalue weighted by Crippen LogP contribution is -2.38. The van der Waals surface area contributed by atoms with Crippen molar-refractivity contribution in [2.24, 2.45) is 5.41 Å². The van der Waals surface area contributed by atoms with Gasteiger partial charge in [0.25, 0.3) is 0 Å². The minimum atomic E-state index is -3.33. The van der Waals surface area contributed by atoms with Gasteiger partial charge in [0.05, 0.1) is 12.5 Å². The van der Waals surface area contributed by atoms with Crippen LogP contribution >= 0.6 is 0 Å². The fourth-order valence-corrected chi connectivity index (χ4v) is 2.53. The lowest BCUT2D eigenvalue weighted by Gasteiger charge is -2.21. The number of likely N-dealkylation sites (tertiary alicyclic amines) is 1. The zero-order valence-corrected chi connectivity index (χ0v) is 11.0. The number of carbonyl (C=O) groups is 2. The van der Waals surface area contributed by atoms with Crippen LogP contribution in [0.3, 0.4) is 0 Å². The predicted octanol–water partition coefficient (Wildman–Crippen LogP) is -0.557. The normalized spacial score (nSPS) is 24.8. The second-order valence-corrected chi connectivity index (χ2v) is 6.83. The fourth-order valence-electron chi connectivity index (χ4n) is 1.90. The first-order valence-electron chi connectivity index (χ1n) is 5.22. The minimum Gasteiger partial charge on any atom is -0.469 e. The fraction of sp³-hybridized carbons (Fsp3) is 0.800. The minimum absolute atomic E-state index is 0.216. The average molecular weight is 263 g/mol. The largest absolute Gasteiger partial charge is 0.469 e. The molecule has 0 N–H and O–H groups in total. The smallest absolute Gasteiger partial charge is 0.313 e. The van der Waals surface area contributed by atoms with Crippen molar-refractivity contribution in [1.82, 2.24) is 4.90 Å². The van der Waals surface area contributed by atoms with Gasteiger partial charge in [0.15, 0.2) is 9.84 Å². The van der Waals surface area contributed by atoms with Gasteiger partial charge in [-0.05, 0) is 13.3 Å². The van der Waals surface area contributed by atoms with Crippen LogP contribution in [0.2, 0.25) is 0 Å². The Morgan fingerprint density at radius 1 is 1.41 bits per heavy atom. The van der Waals surface area contributed by atoms with Gasteiger partial charge < -0.3 is 9.64 Å². The lowest BCUT2D eigenvalue weighted by atomic mass is 9.90. The summed E-state index contributed by atoms with van der Waals surface area (Å²) in [7, 11) is -2.03. The summed E-state index contributed by atoms with van der Waals surface area (Å²) in [6.45, 7) is 2.32. The van der Waals surface area contributed by atoms with E-state index in [9.17, 15) is 18.0 Å². The van der Waals surface area contributed by atoms with Gasteiger partial charge in [-0.2, -0.15) is 0 Å². The van der Waals surface area contributed by atoms with Crippen molar-refractivity contribution >= 4 is 21.7 Å². The highest BCUT2D eigenvalue weighted by atomic mass is 32.2. The van der Waals surface area contributed by atoms with Gasteiger partial charge >= 0.3 is 5.97 Å². The Morgan fingerprint density at radius 3 is 2.47 bits per heavy atom. The molecule has 0 aliphatic carbocycles. The maximum absolute atomic E-state index is 11.7. The summed E-state index contributed by atoms with van der Waals surface area (Å²) >= 11 is 0. The molecule has 1 aliphatic rings. The van der Waals surface area contributed by atoms with Gasteiger partial charge in [0, 0.05) is 19.3 Å². The summed E-state index contributed by atoms with van der Waals surface area (Å²) in [6, 6.07) is 0. The number of hydrogen-bond acceptors (Lipinski definition) is 5. The van der Waals surface area contributed by atoms with Crippen LogP contribution in [0.1, 0.15) is 13.3 Å². The molecule has 0 aromatic carbocycles. The van der Waals surface area contributed by atoms with Crippen molar-refractivity contribution in [2.45, 2.75) is 13.3 Å². The quantitative estimate of drug-likeness (QED) is 0.638. The molecular weight excluding hydrogens is 246 g/mol. The highest BCUT2D eigenvalue weighted by Crippen LogP contribution is 2.31. The number of methoxy groups -OCH3 is 1. The average Bonchev–Trinajstić information content (AvgIpc) is 2.58. The molecule has 0 bridgehead atoms. The summed E-state index contributed by atoms with van der Waals surface area (Å²) in [5, 5.41) is 0. The van der Waals surface area contributed by atoms with Gasteiger partial charge in [-0.3, -0.25) is 9.59 Å². The molecule has 98 valence electrons. The van der Waals surface area contributed by atoms with E-state index in [1.54, 1.807) is 6.92 Å². The zero-order valence-electron chi connectivity index (χ0n) is 10.2. The van der Waals surface area contributed by atoms with Crippen LogP contribution in [0.4, 0.5) is 0 Å². The van der Waals surface area contributed by atoms with E-state index in [1.165, 1.54) is 12.0 Å². The second-order valence-electron chi connectivity index (χ2n) is 4.69. The van der Waals surface area contributed by atoms with E-state index < -0.39 is 26.9 Å². The molecule has 0 radical (unpaired) electrons. The van der Waals surface area contributed by atoms with Crippen LogP contribution in [-0.4, -0.2) is 57.4 Å². The third-order valence-corrected chi connectivity index (χ3v) is 3.66. The number of rotatable bonds is 3. The maximum atomic E-state index is 11.7. The van der Waals surface area contributed by atoms with Gasteiger partial charge in [0.2, 0.25) is 5.91 Å². The van der Waals surface area contributed by atoms with Crippen LogP contribution in [0.25, 0.3) is 0 Å². The molecule has 1 amide bonds. The third-order valence-electron chi connectivity index (χ3n) is 2.89. The molecule has 1 atom stereocenters. The zero-order chi connectivity index (χ0) is 13.3. The molecule has 1 saturated heterocycles. The summed E-state index contributed by atoms with van der Waals surface area (Å²) in [5.74, 6) is -1.34. The molecular formula is C10H17NO5S. The Kier molecular flexibility index (Phi) is 3.81. The number of esters is 1. The van der Waals surface area contributed by atoms with Crippen molar-refractivity contribution in [3.05, 3.63) is 0 Å². The molecule has 0 spiro atoms. The SMILES string of the molecule is COC(=O)C1(C)CCN(C(=O)CS(C)(=O)=O)C1. The Morgan fingerprint density at radius 2 is 2.00 bits per heavy atom. The predicted molar refractivity (Wildman–Crippen MR) is 61.0 cm³/mol. The van der Waals surface area contributed by atoms with E-state index in [0.717, 1.165) is 6.26 Å². The molecule has 1 rings (SSSR count). The standard InChI is InChI=1S/C10H17NO5S/c1-10(9(13)16-2)4-5-11(7-10)8(12)6-17(3,14)15/h4-7H2,1-3H3. The molecule has 0 saturated carbocycles. The summed E-state index contributed by atoms with van der Waals surface area (Å²) < 4.78 is 26.7. The summed E-state index contributed by atoms with van der Waals surface area (Å²) in [5.41, 5.74) is -0.720. The van der Waals surface area contributed by atoms with E-state index in [-0.39, 0.29) is 12.5 Å². The van der Waals surface area contributed by atoms with E-state index in [0.29, 0.717) is 13.0 Å². The van der Waals surface area contributed by atoms with E-state index >= 15 is 0 Å². The van der Waals surface area contributed by atoms with Gasteiger partial charge in [-0.15, -0.1) is 0 Å². The molecule has 0 aromatic rings. The molecule has 1 unspecified atom stereocenters. The Labute approximate surface area is 101 Å². The molecule has 0 aromatic heterocycles. The Balaban J connectivity index is 2.68. The molecule has 6 nitrogen and oxygen atoms in total. The van der Waals surface area contributed by atoms with E-state index in [1.807, 2.05) is 0 Å². The first-order chi connectivity index (χ1) is 7.68. The van der Waals surface area contributed by atoms with Gasteiger partial charge in [0.1, 0.15) is 5.75 Å². The first-order valence-corrected chi connectivity index (χ1v) is 7.28.